The van der Waals surface area contributed by atoms with Gasteiger partial charge in [0.05, 0.1) is 19.0 Å². The van der Waals surface area contributed by atoms with Crippen LogP contribution in [0.2, 0.25) is 0 Å². The lowest BCUT2D eigenvalue weighted by atomic mass is 10.0. The van der Waals surface area contributed by atoms with E-state index in [1.165, 1.54) is 0 Å². The average Bonchev–Trinajstić information content (AvgIpc) is 3.58. The third-order valence-corrected chi connectivity index (χ3v) is 9.12. The van der Waals surface area contributed by atoms with Gasteiger partial charge in [-0.15, -0.1) is 0 Å². The van der Waals surface area contributed by atoms with E-state index >= 15 is 0 Å². The fraction of sp³-hybridized carbons (Fsp3) is 0.455. The lowest BCUT2D eigenvalue weighted by Gasteiger charge is -2.43. The van der Waals surface area contributed by atoms with E-state index in [1.54, 1.807) is 43.5 Å². The molecule has 3 aliphatic rings. The Kier molecular flexibility index (Phi) is 8.56. The number of rotatable bonds is 8. The van der Waals surface area contributed by atoms with Crippen LogP contribution in [0.15, 0.2) is 48.7 Å². The van der Waals surface area contributed by atoms with Crippen LogP contribution in [0, 0.1) is 0 Å². The van der Waals surface area contributed by atoms with Gasteiger partial charge in [0, 0.05) is 56.2 Å². The molecule has 44 heavy (non-hydrogen) atoms. The van der Waals surface area contributed by atoms with Gasteiger partial charge in [-0.2, -0.15) is 4.98 Å². The average molecular weight is 599 g/mol. The summed E-state index contributed by atoms with van der Waals surface area (Å²) >= 11 is 0. The molecule has 11 heteroatoms. The smallest absolute Gasteiger partial charge is 0.255 e. The predicted molar refractivity (Wildman–Crippen MR) is 175 cm³/mol. The van der Waals surface area contributed by atoms with Crippen LogP contribution < -0.4 is 30.1 Å². The molecular weight excluding hydrogens is 556 g/mol. The number of anilines is 6. The Morgan fingerprint density at radius 3 is 2.43 bits per heavy atom. The molecule has 0 radical (unpaired) electrons. The fourth-order valence-electron chi connectivity index (χ4n) is 6.52. The molecule has 6 rings (SSSR count). The number of methoxy groups -OCH3 is 1. The molecule has 1 saturated heterocycles. The Balaban J connectivity index is 1.18. The van der Waals surface area contributed by atoms with Gasteiger partial charge in [0.2, 0.25) is 11.9 Å². The number of ether oxygens (including phenoxy) is 1. The quantitative estimate of drug-likeness (QED) is 0.380. The van der Waals surface area contributed by atoms with E-state index in [1.807, 2.05) is 12.1 Å². The number of piperazine rings is 1. The second-order valence-corrected chi connectivity index (χ2v) is 11.9. The fourth-order valence-corrected chi connectivity index (χ4v) is 6.52. The standard InChI is InChI=1S/C33H42N8O3/c1-5-27-32(43)39(3)28-21-34-33(37-30(28)41(27)25-8-6-7-9-25)36-26-15-10-22(20-29(26)44-4)31(42)35-23-11-13-24(14-12-23)40-18-16-38(2)17-19-40/h10-15,20-21,25,27H,5-9,16-19H2,1-4H3,(H,35,42)(H,34,36,37). The number of likely N-dealkylation sites (N-methyl/N-ethyl adjacent to an activating group) is 2. The van der Waals surface area contributed by atoms with E-state index < -0.39 is 0 Å². The Hall–Kier alpha value is -4.38. The van der Waals surface area contributed by atoms with E-state index in [-0.39, 0.29) is 23.9 Å². The summed E-state index contributed by atoms with van der Waals surface area (Å²) in [6.07, 6.45) is 6.84. The molecule has 1 atom stereocenters. The summed E-state index contributed by atoms with van der Waals surface area (Å²) in [7, 11) is 5.51. The third kappa shape index (κ3) is 5.88. The largest absolute Gasteiger partial charge is 0.495 e. The third-order valence-electron chi connectivity index (χ3n) is 9.12. The zero-order chi connectivity index (χ0) is 30.8. The summed E-state index contributed by atoms with van der Waals surface area (Å²) < 4.78 is 5.66. The zero-order valence-corrected chi connectivity index (χ0v) is 26.0. The van der Waals surface area contributed by atoms with Crippen LogP contribution in [0.3, 0.4) is 0 Å². The Morgan fingerprint density at radius 2 is 1.75 bits per heavy atom. The first-order valence-corrected chi connectivity index (χ1v) is 15.6. The monoisotopic (exact) mass is 598 g/mol. The number of fused-ring (bicyclic) bond motifs is 1. The van der Waals surface area contributed by atoms with Gasteiger partial charge in [-0.1, -0.05) is 19.8 Å². The highest BCUT2D eigenvalue weighted by Gasteiger charge is 2.41. The number of nitrogens with one attached hydrogen (secondary N) is 2. The second-order valence-electron chi connectivity index (χ2n) is 11.9. The minimum atomic E-state index is -0.242. The number of carbonyl (C=O) groups is 2. The number of hydrogen-bond donors (Lipinski definition) is 2. The minimum absolute atomic E-state index is 0.0812. The van der Waals surface area contributed by atoms with Gasteiger partial charge >= 0.3 is 0 Å². The van der Waals surface area contributed by atoms with E-state index in [0.29, 0.717) is 35.1 Å². The summed E-state index contributed by atoms with van der Waals surface area (Å²) in [6.45, 7) is 6.12. The molecule has 1 aromatic heterocycles. The first-order valence-electron chi connectivity index (χ1n) is 15.6. The lowest BCUT2D eigenvalue weighted by Crippen LogP contribution is -2.55. The van der Waals surface area contributed by atoms with Gasteiger partial charge in [-0.25, -0.2) is 4.98 Å². The second kappa shape index (κ2) is 12.7. The van der Waals surface area contributed by atoms with Crippen molar-refractivity contribution in [1.29, 1.82) is 0 Å². The van der Waals surface area contributed by atoms with Gasteiger partial charge < -0.3 is 35.0 Å². The van der Waals surface area contributed by atoms with Crippen molar-refractivity contribution >= 4 is 46.3 Å². The van der Waals surface area contributed by atoms with Crippen molar-refractivity contribution in [2.75, 3.05) is 72.7 Å². The molecule has 2 aliphatic heterocycles. The molecule has 232 valence electrons. The molecular formula is C33H42N8O3. The molecule has 2 amide bonds. The van der Waals surface area contributed by atoms with Crippen LogP contribution in [-0.4, -0.2) is 86.2 Å². The van der Waals surface area contributed by atoms with E-state index in [4.69, 9.17) is 9.72 Å². The van der Waals surface area contributed by atoms with Crippen molar-refractivity contribution in [1.82, 2.24) is 14.9 Å². The molecule has 0 spiro atoms. The highest BCUT2D eigenvalue weighted by molar-refractivity contribution is 6.05. The first kappa shape index (κ1) is 29.7. The normalized spacial score (nSPS) is 19.2. The maximum Gasteiger partial charge on any atom is 0.255 e. The molecule has 1 unspecified atom stereocenters. The Bertz CT molecular complexity index is 1500. The predicted octanol–water partition coefficient (Wildman–Crippen LogP) is 4.74. The topological polar surface area (TPSA) is 106 Å². The summed E-state index contributed by atoms with van der Waals surface area (Å²) in [5.74, 6) is 1.53. The van der Waals surface area contributed by atoms with Crippen LogP contribution in [0.5, 0.6) is 5.75 Å². The van der Waals surface area contributed by atoms with Crippen molar-refractivity contribution in [2.45, 2.75) is 51.1 Å². The molecule has 1 aliphatic carbocycles. The van der Waals surface area contributed by atoms with Crippen molar-refractivity contribution in [2.24, 2.45) is 0 Å². The molecule has 0 bridgehead atoms. The number of aromatic nitrogens is 2. The van der Waals surface area contributed by atoms with Crippen molar-refractivity contribution in [3.05, 3.63) is 54.2 Å². The first-order chi connectivity index (χ1) is 21.4. The maximum atomic E-state index is 13.2. The summed E-state index contributed by atoms with van der Waals surface area (Å²) in [6, 6.07) is 13.3. The molecule has 2 N–H and O–H groups in total. The maximum absolute atomic E-state index is 13.2. The van der Waals surface area contributed by atoms with Crippen LogP contribution in [0.25, 0.3) is 0 Å². The Morgan fingerprint density at radius 1 is 1.02 bits per heavy atom. The zero-order valence-electron chi connectivity index (χ0n) is 26.0. The number of hydrogen-bond acceptors (Lipinski definition) is 9. The van der Waals surface area contributed by atoms with Crippen LogP contribution in [0.1, 0.15) is 49.4 Å². The van der Waals surface area contributed by atoms with Crippen LogP contribution in [-0.2, 0) is 4.79 Å². The van der Waals surface area contributed by atoms with Gasteiger partial charge in [0.1, 0.15) is 17.5 Å². The van der Waals surface area contributed by atoms with Gasteiger partial charge in [0.25, 0.3) is 5.91 Å². The molecule has 1 saturated carbocycles. The SMILES string of the molecule is CCC1C(=O)N(C)c2cnc(Nc3ccc(C(=O)Nc4ccc(N5CCN(C)CC5)cc4)cc3OC)nc2N1C1CCCC1. The summed E-state index contributed by atoms with van der Waals surface area (Å²) in [5, 5.41) is 6.28. The van der Waals surface area contributed by atoms with Crippen LogP contribution >= 0.6 is 0 Å². The summed E-state index contributed by atoms with van der Waals surface area (Å²) in [4.78, 5) is 44.4. The minimum Gasteiger partial charge on any atom is -0.495 e. The lowest BCUT2D eigenvalue weighted by molar-refractivity contribution is -0.120. The van der Waals surface area contributed by atoms with E-state index in [2.05, 4.69) is 56.4 Å². The molecule has 3 heterocycles. The molecule has 2 aromatic carbocycles. The van der Waals surface area contributed by atoms with Gasteiger partial charge in [-0.3, -0.25) is 9.59 Å². The molecule has 11 nitrogen and oxygen atoms in total. The van der Waals surface area contributed by atoms with Crippen molar-refractivity contribution < 1.29 is 14.3 Å². The number of benzene rings is 2. The highest BCUT2D eigenvalue weighted by atomic mass is 16.5. The molecule has 2 fully saturated rings. The number of carbonyl (C=O) groups excluding carboxylic acids is 2. The number of nitrogens with zero attached hydrogens (tertiary/aromatic N) is 6. The van der Waals surface area contributed by atoms with Gasteiger partial charge in [-0.05, 0) is 68.8 Å². The number of amides is 2. The van der Waals surface area contributed by atoms with Gasteiger partial charge in [0.15, 0.2) is 5.82 Å². The highest BCUT2D eigenvalue weighted by Crippen LogP contribution is 2.40. The van der Waals surface area contributed by atoms with Crippen molar-refractivity contribution in [3.63, 3.8) is 0 Å². The summed E-state index contributed by atoms with van der Waals surface area (Å²) in [5.41, 5.74) is 3.72. The molecule has 3 aromatic rings. The van der Waals surface area contributed by atoms with Crippen LogP contribution in [0.4, 0.5) is 34.5 Å². The van der Waals surface area contributed by atoms with E-state index in [9.17, 15) is 9.59 Å². The van der Waals surface area contributed by atoms with E-state index in [0.717, 1.165) is 69.1 Å². The van der Waals surface area contributed by atoms with Crippen molar-refractivity contribution in [3.8, 4) is 5.75 Å². The Labute approximate surface area is 259 Å².